The summed E-state index contributed by atoms with van der Waals surface area (Å²) in [7, 11) is -4.32. The van der Waals surface area contributed by atoms with Crippen LogP contribution in [0, 0.1) is 0 Å². The van der Waals surface area contributed by atoms with Crippen molar-refractivity contribution in [3.8, 4) is 45.3 Å². The molecule has 0 fully saturated rings. The Balaban J connectivity index is 1.46. The number of esters is 2. The number of rotatable bonds is 8. The van der Waals surface area contributed by atoms with Crippen LogP contribution >= 0.6 is 0 Å². The fraction of sp³-hybridized carbons (Fsp3) is 0. The van der Waals surface area contributed by atoms with Crippen LogP contribution in [0.1, 0.15) is 20.7 Å². The molecule has 0 heterocycles. The van der Waals surface area contributed by atoms with E-state index in [0.29, 0.717) is 22.3 Å². The quantitative estimate of drug-likeness (QED) is 0.128. The monoisotopic (exact) mass is 642 g/mol. The van der Waals surface area contributed by atoms with E-state index in [2.05, 4.69) is 0 Å². The van der Waals surface area contributed by atoms with Crippen molar-refractivity contribution < 1.29 is 37.7 Å². The predicted molar refractivity (Wildman–Crippen MR) is 175 cm³/mol. The number of benzene rings is 6. The van der Waals surface area contributed by atoms with E-state index in [4.69, 9.17) is 9.47 Å². The van der Waals surface area contributed by atoms with Gasteiger partial charge in [0.15, 0.2) is 0 Å². The van der Waals surface area contributed by atoms with Crippen LogP contribution in [0.15, 0.2) is 155 Å². The Hall–Kier alpha value is -6.19. The van der Waals surface area contributed by atoms with Crippen molar-refractivity contribution in [3.05, 3.63) is 157 Å². The number of ether oxygens (including phenoxy) is 2. The molecule has 0 saturated heterocycles. The van der Waals surface area contributed by atoms with Crippen LogP contribution < -0.4 is 9.47 Å². The number of sulfone groups is 1. The third-order valence-electron chi connectivity index (χ3n) is 7.28. The molecule has 2 N–H and O–H groups in total. The van der Waals surface area contributed by atoms with Crippen molar-refractivity contribution in [2.45, 2.75) is 9.79 Å². The maximum absolute atomic E-state index is 14.6. The van der Waals surface area contributed by atoms with Gasteiger partial charge in [-0.05, 0) is 96.1 Å². The van der Waals surface area contributed by atoms with E-state index in [-0.39, 0.29) is 43.9 Å². The number of carbonyl (C=O) groups excluding carboxylic acids is 2. The molecule has 9 heteroatoms. The highest BCUT2D eigenvalue weighted by Crippen LogP contribution is 2.40. The molecule has 0 aliphatic carbocycles. The molecule has 0 radical (unpaired) electrons. The lowest BCUT2D eigenvalue weighted by atomic mass is 10.0. The highest BCUT2D eigenvalue weighted by molar-refractivity contribution is 7.91. The van der Waals surface area contributed by atoms with Gasteiger partial charge < -0.3 is 19.7 Å². The summed E-state index contributed by atoms with van der Waals surface area (Å²) < 4.78 is 40.3. The maximum atomic E-state index is 14.6. The molecule has 232 valence electrons. The van der Waals surface area contributed by atoms with Gasteiger partial charge in [0.25, 0.3) is 0 Å². The zero-order chi connectivity index (χ0) is 33.0. The van der Waals surface area contributed by atoms with Crippen LogP contribution in [0.25, 0.3) is 22.3 Å². The predicted octanol–water partition coefficient (Wildman–Crippen LogP) is 7.70. The normalized spacial score (nSPS) is 11.1. The van der Waals surface area contributed by atoms with Crippen molar-refractivity contribution in [1.82, 2.24) is 0 Å². The number of carbonyl (C=O) groups is 2. The lowest BCUT2D eigenvalue weighted by Crippen LogP contribution is -2.11. The molecule has 6 aromatic rings. The van der Waals surface area contributed by atoms with E-state index in [9.17, 15) is 28.2 Å². The second-order valence-electron chi connectivity index (χ2n) is 10.4. The van der Waals surface area contributed by atoms with E-state index < -0.39 is 21.8 Å². The van der Waals surface area contributed by atoms with Crippen LogP contribution in [-0.2, 0) is 9.84 Å². The summed E-state index contributed by atoms with van der Waals surface area (Å²) in [6, 6.07) is 37.1. The summed E-state index contributed by atoms with van der Waals surface area (Å²) >= 11 is 0. The van der Waals surface area contributed by atoms with Gasteiger partial charge in [0.05, 0.1) is 20.9 Å². The summed E-state index contributed by atoms with van der Waals surface area (Å²) in [6.07, 6.45) is 0. The van der Waals surface area contributed by atoms with E-state index >= 15 is 0 Å². The molecule has 47 heavy (non-hydrogen) atoms. The van der Waals surface area contributed by atoms with Crippen molar-refractivity contribution >= 4 is 21.8 Å². The number of phenols is 2. The van der Waals surface area contributed by atoms with Crippen LogP contribution in [0.3, 0.4) is 0 Å². The zero-order valence-electron chi connectivity index (χ0n) is 24.6. The summed E-state index contributed by atoms with van der Waals surface area (Å²) in [4.78, 5) is 25.4. The highest BCUT2D eigenvalue weighted by atomic mass is 32.2. The van der Waals surface area contributed by atoms with Crippen molar-refractivity contribution in [2.75, 3.05) is 0 Å². The minimum Gasteiger partial charge on any atom is -0.508 e. The SMILES string of the molecule is O=C(Oc1ccc(S(=O)(=O)c2ccc(OC(=O)c3ccccc3)cc2-c2ccc(O)cc2)c(-c2ccc(O)cc2)c1)c1ccccc1. The second kappa shape index (κ2) is 13.0. The number of hydrogen-bond acceptors (Lipinski definition) is 8. The molecule has 8 nitrogen and oxygen atoms in total. The molecule has 0 atom stereocenters. The Morgan fingerprint density at radius 2 is 0.830 bits per heavy atom. The van der Waals surface area contributed by atoms with E-state index in [1.807, 2.05) is 0 Å². The summed E-state index contributed by atoms with van der Waals surface area (Å²) in [6.45, 7) is 0. The molecule has 6 aromatic carbocycles. The van der Waals surface area contributed by atoms with Gasteiger partial charge in [0, 0.05) is 11.1 Å². The summed E-state index contributed by atoms with van der Waals surface area (Å²) in [5, 5.41) is 19.8. The van der Waals surface area contributed by atoms with Crippen LogP contribution in [0.5, 0.6) is 23.0 Å². The molecule has 0 aliphatic rings. The van der Waals surface area contributed by atoms with E-state index in [1.165, 1.54) is 60.7 Å². The molecular weight excluding hydrogens is 616 g/mol. The first-order valence-electron chi connectivity index (χ1n) is 14.4. The molecule has 6 rings (SSSR count). The van der Waals surface area contributed by atoms with E-state index in [0.717, 1.165) is 0 Å². The largest absolute Gasteiger partial charge is 0.508 e. The van der Waals surface area contributed by atoms with Gasteiger partial charge >= 0.3 is 11.9 Å². The Morgan fingerprint density at radius 1 is 0.468 bits per heavy atom. The molecule has 0 unspecified atom stereocenters. The first-order chi connectivity index (χ1) is 22.7. The smallest absolute Gasteiger partial charge is 0.343 e. The minimum atomic E-state index is -4.32. The molecule has 0 amide bonds. The van der Waals surface area contributed by atoms with Gasteiger partial charge in [-0.15, -0.1) is 0 Å². The van der Waals surface area contributed by atoms with Gasteiger partial charge in [-0.25, -0.2) is 18.0 Å². The maximum Gasteiger partial charge on any atom is 0.343 e. The van der Waals surface area contributed by atoms with Crippen LogP contribution in [0.2, 0.25) is 0 Å². The molecule has 0 bridgehead atoms. The molecule has 0 spiro atoms. The Labute approximate surface area is 270 Å². The van der Waals surface area contributed by atoms with Gasteiger partial charge in [0.1, 0.15) is 23.0 Å². The highest BCUT2D eigenvalue weighted by Gasteiger charge is 2.27. The topological polar surface area (TPSA) is 127 Å². The van der Waals surface area contributed by atoms with Gasteiger partial charge in [-0.3, -0.25) is 0 Å². The van der Waals surface area contributed by atoms with Crippen LogP contribution in [0.4, 0.5) is 0 Å². The molecular formula is C38H26O8S. The third-order valence-corrected chi connectivity index (χ3v) is 9.15. The number of hydrogen-bond donors (Lipinski definition) is 2. The second-order valence-corrected chi connectivity index (χ2v) is 12.3. The van der Waals surface area contributed by atoms with Crippen molar-refractivity contribution in [3.63, 3.8) is 0 Å². The molecule has 0 saturated carbocycles. The first kappa shape index (κ1) is 30.8. The lowest BCUT2D eigenvalue weighted by Gasteiger charge is -2.17. The average Bonchev–Trinajstić information content (AvgIpc) is 3.09. The Morgan fingerprint density at radius 3 is 1.19 bits per heavy atom. The Kier molecular flexibility index (Phi) is 8.55. The van der Waals surface area contributed by atoms with E-state index in [1.54, 1.807) is 84.9 Å². The lowest BCUT2D eigenvalue weighted by molar-refractivity contribution is 0.0725. The van der Waals surface area contributed by atoms with Gasteiger partial charge in [0.2, 0.25) is 9.84 Å². The van der Waals surface area contributed by atoms with Gasteiger partial charge in [-0.2, -0.15) is 0 Å². The third kappa shape index (κ3) is 6.75. The number of phenolic OH excluding ortho intramolecular Hbond substituents is 2. The Bertz CT molecular complexity index is 2030. The zero-order valence-corrected chi connectivity index (χ0v) is 25.4. The molecule has 0 aliphatic heterocycles. The first-order valence-corrected chi connectivity index (χ1v) is 15.8. The van der Waals surface area contributed by atoms with Crippen molar-refractivity contribution in [1.29, 1.82) is 0 Å². The average molecular weight is 643 g/mol. The fourth-order valence-electron chi connectivity index (χ4n) is 4.95. The summed E-state index contributed by atoms with van der Waals surface area (Å²) in [5.41, 5.74) is 1.97. The van der Waals surface area contributed by atoms with Crippen molar-refractivity contribution in [2.24, 2.45) is 0 Å². The minimum absolute atomic E-state index is 0.0138. The standard InChI is InChI=1S/C38H26O8S/c39-29-15-11-25(12-16-29)33-23-31(45-37(41)27-7-3-1-4-8-27)19-21-35(33)47(43,44)36-22-20-32(46-38(42)28-9-5-2-6-10-28)24-34(36)26-13-17-30(40)18-14-26/h1-24,39-40H. The van der Waals surface area contributed by atoms with Crippen LogP contribution in [-0.4, -0.2) is 30.6 Å². The summed E-state index contributed by atoms with van der Waals surface area (Å²) in [5.74, 6) is -1.04. The number of aromatic hydroxyl groups is 2. The van der Waals surface area contributed by atoms with Gasteiger partial charge in [-0.1, -0.05) is 60.7 Å². The fourth-order valence-corrected chi connectivity index (χ4v) is 6.61. The molecule has 0 aromatic heterocycles.